The van der Waals surface area contributed by atoms with Crippen LogP contribution in [0, 0.1) is 0 Å². The van der Waals surface area contributed by atoms with Gasteiger partial charge in [-0.05, 0) is 69.9 Å². The smallest absolute Gasteiger partial charge is 0.350 e. The summed E-state index contributed by atoms with van der Waals surface area (Å²) in [5.41, 5.74) is 11.6. The SMILES string of the molecule is NC(N)=NCCCN1CCCC(n2cc3c(nc2=O)Nc2cc(C(=O)NCCCN4CCOCC4)ccc2O3)CC1. The molecule has 3 aliphatic heterocycles. The number of morpholine rings is 1. The summed E-state index contributed by atoms with van der Waals surface area (Å²) >= 11 is 0. The molecule has 3 aliphatic rings. The van der Waals surface area contributed by atoms with Gasteiger partial charge in [-0.15, -0.1) is 0 Å². The summed E-state index contributed by atoms with van der Waals surface area (Å²) in [4.78, 5) is 38.9. The van der Waals surface area contributed by atoms with Gasteiger partial charge in [-0.25, -0.2) is 4.79 Å². The number of aliphatic imine (C=N–C) groups is 1. The lowest BCUT2D eigenvalue weighted by Gasteiger charge is -2.26. The number of anilines is 2. The molecule has 13 heteroatoms. The van der Waals surface area contributed by atoms with Crippen molar-refractivity contribution in [2.45, 2.75) is 38.1 Å². The molecule has 2 aromatic rings. The number of nitrogens with two attached hydrogens (primary N) is 2. The first-order valence-electron chi connectivity index (χ1n) is 14.5. The molecular formula is C28H41N9O4. The normalized spacial score (nSPS) is 19.2. The summed E-state index contributed by atoms with van der Waals surface area (Å²) in [5.74, 6) is 1.41. The maximum absolute atomic E-state index is 13.0. The lowest BCUT2D eigenvalue weighted by atomic mass is 10.1. The van der Waals surface area contributed by atoms with Crippen molar-refractivity contribution in [3.05, 3.63) is 40.4 Å². The molecule has 0 spiro atoms. The van der Waals surface area contributed by atoms with Crippen LogP contribution in [0.1, 0.15) is 48.5 Å². The number of likely N-dealkylation sites (tertiary alicyclic amines) is 1. The quantitative estimate of drug-likeness (QED) is 0.159. The monoisotopic (exact) mass is 567 g/mol. The summed E-state index contributed by atoms with van der Waals surface area (Å²) in [6.45, 7) is 8.33. The number of hydrogen-bond acceptors (Lipinski definition) is 9. The van der Waals surface area contributed by atoms with Crippen molar-refractivity contribution in [2.75, 3.05) is 70.9 Å². The molecule has 0 saturated carbocycles. The molecule has 41 heavy (non-hydrogen) atoms. The molecule has 1 amide bonds. The van der Waals surface area contributed by atoms with Crippen LogP contribution in [0.5, 0.6) is 11.5 Å². The summed E-state index contributed by atoms with van der Waals surface area (Å²) < 4.78 is 13.2. The van der Waals surface area contributed by atoms with E-state index in [-0.39, 0.29) is 23.6 Å². The first-order chi connectivity index (χ1) is 20.0. The third kappa shape index (κ3) is 7.75. The fraction of sp³-hybridized carbons (Fsp3) is 0.571. The van der Waals surface area contributed by atoms with E-state index in [0.717, 1.165) is 84.6 Å². The maximum atomic E-state index is 13.0. The maximum Gasteiger partial charge on any atom is 0.350 e. The van der Waals surface area contributed by atoms with Crippen molar-refractivity contribution in [1.82, 2.24) is 24.7 Å². The molecule has 13 nitrogen and oxygen atoms in total. The lowest BCUT2D eigenvalue weighted by molar-refractivity contribution is 0.0374. The van der Waals surface area contributed by atoms with Crippen molar-refractivity contribution in [3.63, 3.8) is 0 Å². The Bertz CT molecular complexity index is 1290. The molecule has 1 unspecified atom stereocenters. The molecule has 222 valence electrons. The number of carbonyl (C=O) groups is 1. The van der Waals surface area contributed by atoms with Crippen LogP contribution in [0.25, 0.3) is 0 Å². The van der Waals surface area contributed by atoms with E-state index in [4.69, 9.17) is 20.9 Å². The minimum Gasteiger partial charge on any atom is -0.450 e. The highest BCUT2D eigenvalue weighted by atomic mass is 16.5. The Morgan fingerprint density at radius 3 is 2.71 bits per heavy atom. The number of rotatable bonds is 10. The van der Waals surface area contributed by atoms with Gasteiger partial charge in [-0.2, -0.15) is 4.98 Å². The van der Waals surface area contributed by atoms with Crippen LogP contribution in [0.4, 0.5) is 11.5 Å². The van der Waals surface area contributed by atoms with Crippen molar-refractivity contribution in [3.8, 4) is 11.5 Å². The van der Waals surface area contributed by atoms with Crippen LogP contribution in [0.2, 0.25) is 0 Å². The molecule has 6 N–H and O–H groups in total. The van der Waals surface area contributed by atoms with E-state index < -0.39 is 0 Å². The summed E-state index contributed by atoms with van der Waals surface area (Å²) in [5, 5.41) is 6.18. The molecule has 1 aromatic heterocycles. The fourth-order valence-corrected chi connectivity index (χ4v) is 5.55. The molecule has 4 heterocycles. The van der Waals surface area contributed by atoms with Gasteiger partial charge in [0, 0.05) is 44.3 Å². The molecule has 0 bridgehead atoms. The van der Waals surface area contributed by atoms with E-state index in [2.05, 4.69) is 30.4 Å². The van der Waals surface area contributed by atoms with Crippen molar-refractivity contribution in [1.29, 1.82) is 0 Å². The zero-order chi connectivity index (χ0) is 28.6. The zero-order valence-corrected chi connectivity index (χ0v) is 23.5. The minimum absolute atomic E-state index is 0.0438. The predicted molar refractivity (Wildman–Crippen MR) is 157 cm³/mol. The van der Waals surface area contributed by atoms with Gasteiger partial charge in [-0.1, -0.05) is 0 Å². The first kappa shape index (κ1) is 28.8. The van der Waals surface area contributed by atoms with Crippen LogP contribution in [-0.2, 0) is 4.74 Å². The number of ether oxygens (including phenoxy) is 2. The second kappa shape index (κ2) is 13.8. The Balaban J connectivity index is 1.16. The summed E-state index contributed by atoms with van der Waals surface area (Å²) in [6.07, 6.45) is 6.24. The first-order valence-corrected chi connectivity index (χ1v) is 14.5. The third-order valence-corrected chi connectivity index (χ3v) is 7.78. The number of hydrogen-bond donors (Lipinski definition) is 4. The second-order valence-electron chi connectivity index (χ2n) is 10.7. The molecule has 2 fully saturated rings. The average molecular weight is 568 g/mol. The minimum atomic E-state index is -0.316. The molecule has 0 radical (unpaired) electrons. The van der Waals surface area contributed by atoms with E-state index in [1.807, 2.05) is 0 Å². The van der Waals surface area contributed by atoms with Crippen LogP contribution in [0.3, 0.4) is 0 Å². The highest BCUT2D eigenvalue weighted by Crippen LogP contribution is 2.41. The van der Waals surface area contributed by atoms with Crippen LogP contribution < -0.4 is 32.5 Å². The summed E-state index contributed by atoms with van der Waals surface area (Å²) in [6, 6.07) is 5.30. The van der Waals surface area contributed by atoms with Gasteiger partial charge in [0.25, 0.3) is 5.91 Å². The van der Waals surface area contributed by atoms with Gasteiger partial charge < -0.3 is 36.5 Å². The Labute approximate surface area is 239 Å². The number of carbonyl (C=O) groups excluding carboxylic acids is 1. The third-order valence-electron chi connectivity index (χ3n) is 7.78. The standard InChI is InChI=1S/C28H41N9O4/c29-27(30)32-9-3-11-35-10-1-4-21(7-13-35)37-19-24-25(34-28(37)39)33-22-18-20(5-6-23(22)41-24)26(38)31-8-2-12-36-14-16-40-17-15-36/h5-6,18-19,21H,1-4,7-17H2,(H,31,38)(H4,29,30,32)(H,33,34,39). The zero-order valence-electron chi connectivity index (χ0n) is 23.5. The molecule has 0 aliphatic carbocycles. The number of nitrogens with one attached hydrogen (secondary N) is 2. The van der Waals surface area contributed by atoms with Crippen molar-refractivity contribution in [2.24, 2.45) is 16.5 Å². The van der Waals surface area contributed by atoms with Gasteiger partial charge in [0.1, 0.15) is 0 Å². The predicted octanol–water partition coefficient (Wildman–Crippen LogP) is 1.24. The highest BCUT2D eigenvalue weighted by Gasteiger charge is 2.25. The van der Waals surface area contributed by atoms with Crippen LogP contribution in [-0.4, -0.2) is 96.8 Å². The number of benzene rings is 1. The van der Waals surface area contributed by atoms with Crippen molar-refractivity contribution >= 4 is 23.4 Å². The largest absolute Gasteiger partial charge is 0.450 e. The van der Waals surface area contributed by atoms with E-state index >= 15 is 0 Å². The Morgan fingerprint density at radius 1 is 1.07 bits per heavy atom. The van der Waals surface area contributed by atoms with Gasteiger partial charge >= 0.3 is 5.69 Å². The topological polar surface area (TPSA) is 165 Å². The average Bonchev–Trinajstić information content (AvgIpc) is 3.22. The van der Waals surface area contributed by atoms with Gasteiger partial charge in [0.2, 0.25) is 0 Å². The van der Waals surface area contributed by atoms with E-state index in [0.29, 0.717) is 41.7 Å². The molecule has 1 aromatic carbocycles. The number of nitrogens with zero attached hydrogens (tertiary/aromatic N) is 5. The number of amides is 1. The number of guanidine groups is 1. The molecule has 1 atom stereocenters. The van der Waals surface area contributed by atoms with Crippen molar-refractivity contribution < 1.29 is 14.3 Å². The fourth-order valence-electron chi connectivity index (χ4n) is 5.55. The highest BCUT2D eigenvalue weighted by molar-refractivity contribution is 5.96. The van der Waals surface area contributed by atoms with E-state index in [9.17, 15) is 9.59 Å². The Kier molecular flexibility index (Phi) is 9.70. The summed E-state index contributed by atoms with van der Waals surface area (Å²) in [7, 11) is 0. The van der Waals surface area contributed by atoms with E-state index in [1.54, 1.807) is 29.0 Å². The van der Waals surface area contributed by atoms with Crippen LogP contribution >= 0.6 is 0 Å². The Hall–Kier alpha value is -3.68. The number of fused-ring (bicyclic) bond motifs is 2. The second-order valence-corrected chi connectivity index (χ2v) is 10.7. The molecule has 5 rings (SSSR count). The Morgan fingerprint density at radius 2 is 1.88 bits per heavy atom. The van der Waals surface area contributed by atoms with E-state index in [1.165, 1.54) is 0 Å². The van der Waals surface area contributed by atoms with Gasteiger partial charge in [-0.3, -0.25) is 19.3 Å². The van der Waals surface area contributed by atoms with Gasteiger partial charge in [0.05, 0.1) is 25.1 Å². The molecular weight excluding hydrogens is 526 g/mol. The van der Waals surface area contributed by atoms with Crippen LogP contribution in [0.15, 0.2) is 34.2 Å². The van der Waals surface area contributed by atoms with Gasteiger partial charge in [0.15, 0.2) is 23.3 Å². The number of aromatic nitrogens is 2. The lowest BCUT2D eigenvalue weighted by Crippen LogP contribution is -2.38. The molecule has 2 saturated heterocycles.